The van der Waals surface area contributed by atoms with E-state index in [-0.39, 0.29) is 0 Å². The molecule has 1 fully saturated rings. The van der Waals surface area contributed by atoms with Crippen molar-refractivity contribution in [2.45, 2.75) is 12.8 Å². The maximum atomic E-state index is 13.5. The van der Waals surface area contributed by atoms with Crippen molar-refractivity contribution in [3.05, 3.63) is 54.1 Å². The summed E-state index contributed by atoms with van der Waals surface area (Å²) in [5.41, 5.74) is 1.20. The van der Waals surface area contributed by atoms with Gasteiger partial charge in [-0.3, -0.25) is 0 Å². The number of benzene rings is 2. The Hall–Kier alpha value is -2.63. The van der Waals surface area contributed by atoms with Crippen molar-refractivity contribution in [3.8, 4) is 0 Å². The number of para-hydroxylation sites is 1. The van der Waals surface area contributed by atoms with E-state index in [0.717, 1.165) is 30.9 Å². The first-order chi connectivity index (χ1) is 11.1. The minimum Gasteiger partial charge on any atom is -0.372 e. The smallest absolute Gasteiger partial charge is 0.323 e. The molecule has 1 heterocycles. The summed E-state index contributed by atoms with van der Waals surface area (Å²) in [4.78, 5) is 14.1. The number of nitrogens with zero attached hydrogens (tertiary/aromatic N) is 1. The van der Waals surface area contributed by atoms with E-state index in [9.17, 15) is 13.6 Å². The number of halogens is 2. The standard InChI is InChI=1S/C17H17F2N3O/c18-14-4-3-5-15(19)16(14)21-17(23)20-12-6-8-13(9-7-12)22-10-1-2-11-22/h3-9H,1-2,10-11H2,(H2,20,21,23). The third-order valence-electron chi connectivity index (χ3n) is 3.80. The van der Waals surface area contributed by atoms with E-state index >= 15 is 0 Å². The molecule has 1 saturated heterocycles. The Morgan fingerprint density at radius 2 is 1.52 bits per heavy atom. The van der Waals surface area contributed by atoms with Gasteiger partial charge in [0.05, 0.1) is 0 Å². The molecule has 0 bridgehead atoms. The summed E-state index contributed by atoms with van der Waals surface area (Å²) < 4.78 is 27.0. The molecule has 120 valence electrons. The molecule has 3 rings (SSSR count). The third kappa shape index (κ3) is 3.59. The summed E-state index contributed by atoms with van der Waals surface area (Å²) in [7, 11) is 0. The van der Waals surface area contributed by atoms with E-state index in [0.29, 0.717) is 5.69 Å². The molecular formula is C17H17F2N3O. The van der Waals surface area contributed by atoms with E-state index < -0.39 is 23.4 Å². The number of rotatable bonds is 3. The SMILES string of the molecule is O=C(Nc1ccc(N2CCCC2)cc1)Nc1c(F)cccc1F. The van der Waals surface area contributed by atoms with Crippen LogP contribution >= 0.6 is 0 Å². The van der Waals surface area contributed by atoms with Crippen LogP contribution in [0.15, 0.2) is 42.5 Å². The highest BCUT2D eigenvalue weighted by Gasteiger charge is 2.13. The van der Waals surface area contributed by atoms with Crippen LogP contribution in [0, 0.1) is 11.6 Å². The largest absolute Gasteiger partial charge is 0.372 e. The van der Waals surface area contributed by atoms with Gasteiger partial charge in [0.2, 0.25) is 0 Å². The van der Waals surface area contributed by atoms with Gasteiger partial charge in [0.15, 0.2) is 0 Å². The molecule has 2 aromatic carbocycles. The Balaban J connectivity index is 1.63. The first-order valence-corrected chi connectivity index (χ1v) is 7.50. The van der Waals surface area contributed by atoms with Crippen molar-refractivity contribution < 1.29 is 13.6 Å². The lowest BCUT2D eigenvalue weighted by atomic mass is 10.2. The van der Waals surface area contributed by atoms with Crippen LogP contribution in [0.2, 0.25) is 0 Å². The predicted molar refractivity (Wildman–Crippen MR) is 86.9 cm³/mol. The number of urea groups is 1. The molecule has 0 radical (unpaired) electrons. The highest BCUT2D eigenvalue weighted by Crippen LogP contribution is 2.22. The molecule has 0 saturated carbocycles. The Labute approximate surface area is 133 Å². The van der Waals surface area contributed by atoms with Crippen molar-refractivity contribution in [1.82, 2.24) is 0 Å². The molecule has 6 heteroatoms. The molecule has 23 heavy (non-hydrogen) atoms. The molecule has 1 aliphatic heterocycles. The number of hydrogen-bond acceptors (Lipinski definition) is 2. The van der Waals surface area contributed by atoms with E-state index in [2.05, 4.69) is 15.5 Å². The first kappa shape index (κ1) is 15.3. The van der Waals surface area contributed by atoms with Crippen molar-refractivity contribution in [3.63, 3.8) is 0 Å². The molecule has 0 spiro atoms. The van der Waals surface area contributed by atoms with Gasteiger partial charge in [0.25, 0.3) is 0 Å². The van der Waals surface area contributed by atoms with E-state index in [1.165, 1.54) is 18.9 Å². The number of carbonyl (C=O) groups excluding carboxylic acids is 1. The van der Waals surface area contributed by atoms with Gasteiger partial charge in [-0.05, 0) is 49.2 Å². The van der Waals surface area contributed by atoms with Crippen molar-refractivity contribution in [2.24, 2.45) is 0 Å². The maximum Gasteiger partial charge on any atom is 0.323 e. The summed E-state index contributed by atoms with van der Waals surface area (Å²) in [5.74, 6) is -1.63. The van der Waals surface area contributed by atoms with Crippen molar-refractivity contribution in [2.75, 3.05) is 28.6 Å². The van der Waals surface area contributed by atoms with Crippen LogP contribution in [0.3, 0.4) is 0 Å². The highest BCUT2D eigenvalue weighted by molar-refractivity contribution is 6.00. The van der Waals surface area contributed by atoms with Gasteiger partial charge in [-0.15, -0.1) is 0 Å². The van der Waals surface area contributed by atoms with E-state index in [1.54, 1.807) is 12.1 Å². The van der Waals surface area contributed by atoms with Crippen LogP contribution in [0.4, 0.5) is 30.6 Å². The van der Waals surface area contributed by atoms with Gasteiger partial charge in [-0.25, -0.2) is 13.6 Å². The van der Waals surface area contributed by atoms with Crippen LogP contribution in [-0.4, -0.2) is 19.1 Å². The average Bonchev–Trinajstić information content (AvgIpc) is 3.06. The molecular weight excluding hydrogens is 300 g/mol. The van der Waals surface area contributed by atoms with Crippen LogP contribution in [0.25, 0.3) is 0 Å². The topological polar surface area (TPSA) is 44.4 Å². The highest BCUT2D eigenvalue weighted by atomic mass is 19.1. The van der Waals surface area contributed by atoms with Crippen molar-refractivity contribution in [1.29, 1.82) is 0 Å². The second kappa shape index (κ2) is 6.64. The Morgan fingerprint density at radius 3 is 2.13 bits per heavy atom. The van der Waals surface area contributed by atoms with E-state index in [1.807, 2.05) is 12.1 Å². The Bertz CT molecular complexity index is 677. The fourth-order valence-corrected chi connectivity index (χ4v) is 2.62. The van der Waals surface area contributed by atoms with Gasteiger partial charge >= 0.3 is 6.03 Å². The molecule has 2 aromatic rings. The van der Waals surface area contributed by atoms with Crippen LogP contribution < -0.4 is 15.5 Å². The molecule has 0 aliphatic carbocycles. The van der Waals surface area contributed by atoms with Crippen LogP contribution in [-0.2, 0) is 0 Å². The van der Waals surface area contributed by atoms with Gasteiger partial charge in [-0.2, -0.15) is 0 Å². The zero-order valence-corrected chi connectivity index (χ0v) is 12.5. The quantitative estimate of drug-likeness (QED) is 0.890. The molecule has 4 nitrogen and oxygen atoms in total. The van der Waals surface area contributed by atoms with Gasteiger partial charge < -0.3 is 15.5 Å². The summed E-state index contributed by atoms with van der Waals surface area (Å²) in [6.45, 7) is 2.08. The lowest BCUT2D eigenvalue weighted by Gasteiger charge is -2.17. The fraction of sp³-hybridized carbons (Fsp3) is 0.235. The Morgan fingerprint density at radius 1 is 0.913 bits per heavy atom. The summed E-state index contributed by atoms with van der Waals surface area (Å²) in [6, 6.07) is 10.1. The van der Waals surface area contributed by atoms with Gasteiger partial charge in [0.1, 0.15) is 17.3 Å². The molecule has 0 aromatic heterocycles. The number of nitrogens with one attached hydrogen (secondary N) is 2. The summed E-state index contributed by atoms with van der Waals surface area (Å²) >= 11 is 0. The molecule has 0 unspecified atom stereocenters. The zero-order chi connectivity index (χ0) is 16.2. The summed E-state index contributed by atoms with van der Waals surface area (Å²) in [5, 5.41) is 4.75. The van der Waals surface area contributed by atoms with Gasteiger partial charge in [0, 0.05) is 24.5 Å². The monoisotopic (exact) mass is 317 g/mol. The minimum atomic E-state index is -0.815. The van der Waals surface area contributed by atoms with Crippen LogP contribution in [0.1, 0.15) is 12.8 Å². The number of anilines is 3. The average molecular weight is 317 g/mol. The molecule has 2 amide bonds. The number of amides is 2. The second-order valence-corrected chi connectivity index (χ2v) is 5.42. The first-order valence-electron chi connectivity index (χ1n) is 7.50. The fourth-order valence-electron chi connectivity index (χ4n) is 2.62. The number of carbonyl (C=O) groups is 1. The summed E-state index contributed by atoms with van der Waals surface area (Å²) in [6.07, 6.45) is 2.38. The number of hydrogen-bond donors (Lipinski definition) is 2. The Kier molecular flexibility index (Phi) is 4.41. The van der Waals surface area contributed by atoms with E-state index in [4.69, 9.17) is 0 Å². The third-order valence-corrected chi connectivity index (χ3v) is 3.80. The molecule has 0 atom stereocenters. The second-order valence-electron chi connectivity index (χ2n) is 5.42. The van der Waals surface area contributed by atoms with Gasteiger partial charge in [-0.1, -0.05) is 6.07 Å². The van der Waals surface area contributed by atoms with Crippen LogP contribution in [0.5, 0.6) is 0 Å². The predicted octanol–water partition coefficient (Wildman–Crippen LogP) is 4.21. The zero-order valence-electron chi connectivity index (χ0n) is 12.5. The lowest BCUT2D eigenvalue weighted by molar-refractivity contribution is 0.262. The lowest BCUT2D eigenvalue weighted by Crippen LogP contribution is -2.21. The normalized spacial score (nSPS) is 13.9. The maximum absolute atomic E-state index is 13.5. The molecule has 2 N–H and O–H groups in total. The minimum absolute atomic E-state index is 0.460. The van der Waals surface area contributed by atoms with Crippen molar-refractivity contribution >= 4 is 23.1 Å². The molecule has 1 aliphatic rings.